The number of amides is 1. The van der Waals surface area contributed by atoms with Crippen LogP contribution in [0.15, 0.2) is 42.7 Å². The van der Waals surface area contributed by atoms with Crippen molar-refractivity contribution in [2.24, 2.45) is 0 Å². The van der Waals surface area contributed by atoms with Gasteiger partial charge in [0.25, 0.3) is 5.91 Å². The molecule has 3 heterocycles. The first-order valence-corrected chi connectivity index (χ1v) is 6.94. The number of carbonyl (C=O) groups excluding carboxylic acids is 1. The number of benzene rings is 1. The molecule has 1 aliphatic rings. The second-order valence-electron chi connectivity index (χ2n) is 4.91. The summed E-state index contributed by atoms with van der Waals surface area (Å²) in [5.41, 5.74) is 1.90. The lowest BCUT2D eigenvalue weighted by molar-refractivity contribution is 0.102. The lowest BCUT2D eigenvalue weighted by atomic mass is 10.2. The summed E-state index contributed by atoms with van der Waals surface area (Å²) in [6.45, 7) is 1.06. The molecule has 1 aromatic carbocycles. The van der Waals surface area contributed by atoms with E-state index in [2.05, 4.69) is 15.3 Å². The Kier molecular flexibility index (Phi) is 2.93. The quantitative estimate of drug-likeness (QED) is 0.762. The van der Waals surface area contributed by atoms with Crippen molar-refractivity contribution >= 4 is 22.6 Å². The number of rotatable bonds is 2. The number of H-pyrrole nitrogens is 1. The van der Waals surface area contributed by atoms with Gasteiger partial charge in [0.05, 0.1) is 5.56 Å². The molecule has 22 heavy (non-hydrogen) atoms. The topological polar surface area (TPSA) is 76.2 Å². The van der Waals surface area contributed by atoms with Crippen LogP contribution in [-0.4, -0.2) is 29.1 Å². The maximum atomic E-state index is 12.4. The molecule has 0 radical (unpaired) electrons. The first-order valence-electron chi connectivity index (χ1n) is 6.94. The first kappa shape index (κ1) is 12.7. The van der Waals surface area contributed by atoms with Crippen molar-refractivity contribution in [3.63, 3.8) is 0 Å². The zero-order valence-corrected chi connectivity index (χ0v) is 11.6. The van der Waals surface area contributed by atoms with Gasteiger partial charge >= 0.3 is 0 Å². The number of hydrogen-bond acceptors (Lipinski definition) is 4. The molecule has 0 saturated heterocycles. The van der Waals surface area contributed by atoms with Gasteiger partial charge in [-0.3, -0.25) is 4.79 Å². The Morgan fingerprint density at radius 2 is 2.05 bits per heavy atom. The molecule has 6 nitrogen and oxygen atoms in total. The molecule has 110 valence electrons. The normalized spacial score (nSPS) is 13.1. The van der Waals surface area contributed by atoms with E-state index < -0.39 is 0 Å². The SMILES string of the molecule is O=C(Nc1ccc2c(c1)OCCO2)c1c[nH]c2ncccc12. The Morgan fingerprint density at radius 3 is 2.95 bits per heavy atom. The highest BCUT2D eigenvalue weighted by atomic mass is 16.6. The molecule has 0 bridgehead atoms. The molecule has 1 aliphatic heterocycles. The Balaban J connectivity index is 1.62. The third-order valence-electron chi connectivity index (χ3n) is 3.50. The van der Waals surface area contributed by atoms with E-state index in [-0.39, 0.29) is 5.91 Å². The van der Waals surface area contributed by atoms with Crippen LogP contribution in [0.5, 0.6) is 11.5 Å². The second-order valence-corrected chi connectivity index (χ2v) is 4.91. The second kappa shape index (κ2) is 5.07. The van der Waals surface area contributed by atoms with Gasteiger partial charge in [0.15, 0.2) is 11.5 Å². The van der Waals surface area contributed by atoms with Crippen LogP contribution in [0.3, 0.4) is 0 Å². The average Bonchev–Trinajstić information content (AvgIpc) is 2.99. The molecule has 0 unspecified atom stereocenters. The van der Waals surface area contributed by atoms with Gasteiger partial charge in [-0.2, -0.15) is 0 Å². The third-order valence-corrected chi connectivity index (χ3v) is 3.50. The standard InChI is InChI=1S/C16H13N3O3/c20-16(12-9-18-15-11(12)2-1-5-17-15)19-10-3-4-13-14(8-10)22-7-6-21-13/h1-5,8-9H,6-7H2,(H,17,18)(H,19,20). The van der Waals surface area contributed by atoms with Crippen LogP contribution >= 0.6 is 0 Å². The monoisotopic (exact) mass is 295 g/mol. The van der Waals surface area contributed by atoms with Crippen molar-refractivity contribution in [2.75, 3.05) is 18.5 Å². The molecule has 0 aliphatic carbocycles. The molecule has 6 heteroatoms. The summed E-state index contributed by atoms with van der Waals surface area (Å²) in [5.74, 6) is 1.14. The van der Waals surface area contributed by atoms with Crippen LogP contribution in [-0.2, 0) is 0 Å². The van der Waals surface area contributed by atoms with Crippen molar-refractivity contribution in [3.8, 4) is 11.5 Å². The van der Waals surface area contributed by atoms with Crippen LogP contribution in [0.25, 0.3) is 11.0 Å². The summed E-state index contributed by atoms with van der Waals surface area (Å²) in [6.07, 6.45) is 3.34. The Morgan fingerprint density at radius 1 is 1.18 bits per heavy atom. The molecular weight excluding hydrogens is 282 g/mol. The Labute approximate surface area is 126 Å². The summed E-state index contributed by atoms with van der Waals surface area (Å²) in [5, 5.41) is 3.65. The fourth-order valence-electron chi connectivity index (χ4n) is 2.46. The molecule has 0 saturated carbocycles. The number of nitrogens with one attached hydrogen (secondary N) is 2. The molecule has 0 fully saturated rings. The third kappa shape index (κ3) is 2.14. The van der Waals surface area contributed by atoms with E-state index in [4.69, 9.17) is 9.47 Å². The van der Waals surface area contributed by atoms with E-state index in [9.17, 15) is 4.79 Å². The number of aromatic amines is 1. The van der Waals surface area contributed by atoms with E-state index in [0.717, 1.165) is 5.39 Å². The number of fused-ring (bicyclic) bond motifs is 2. The molecule has 0 atom stereocenters. The van der Waals surface area contributed by atoms with Crippen LogP contribution in [0.1, 0.15) is 10.4 Å². The van der Waals surface area contributed by atoms with Gasteiger partial charge in [-0.05, 0) is 24.3 Å². The number of pyridine rings is 1. The minimum Gasteiger partial charge on any atom is -0.486 e. The maximum absolute atomic E-state index is 12.4. The van der Waals surface area contributed by atoms with Gasteiger partial charge in [-0.1, -0.05) is 0 Å². The van der Waals surface area contributed by atoms with Gasteiger partial charge in [0.1, 0.15) is 18.9 Å². The minimum absolute atomic E-state index is 0.198. The molecule has 2 N–H and O–H groups in total. The van der Waals surface area contributed by atoms with Crippen molar-refractivity contribution in [1.82, 2.24) is 9.97 Å². The Hall–Kier alpha value is -3.02. The zero-order valence-electron chi connectivity index (χ0n) is 11.6. The molecule has 3 aromatic rings. The van der Waals surface area contributed by atoms with Crippen LogP contribution in [0.4, 0.5) is 5.69 Å². The fraction of sp³-hybridized carbons (Fsp3) is 0.125. The lowest BCUT2D eigenvalue weighted by Gasteiger charge is -2.18. The number of ether oxygens (including phenoxy) is 2. The maximum Gasteiger partial charge on any atom is 0.257 e. The van der Waals surface area contributed by atoms with Crippen LogP contribution in [0.2, 0.25) is 0 Å². The first-order chi connectivity index (χ1) is 10.8. The van der Waals surface area contributed by atoms with Gasteiger partial charge in [0.2, 0.25) is 0 Å². The smallest absolute Gasteiger partial charge is 0.257 e. The highest BCUT2D eigenvalue weighted by Gasteiger charge is 2.15. The summed E-state index contributed by atoms with van der Waals surface area (Å²) in [7, 11) is 0. The predicted molar refractivity (Wildman–Crippen MR) is 81.5 cm³/mol. The number of aromatic nitrogens is 2. The molecular formula is C16H13N3O3. The molecule has 4 rings (SSSR count). The summed E-state index contributed by atoms with van der Waals surface area (Å²) < 4.78 is 11.0. The highest BCUT2D eigenvalue weighted by Crippen LogP contribution is 2.32. The minimum atomic E-state index is -0.198. The van der Waals surface area contributed by atoms with Gasteiger partial charge in [0, 0.05) is 29.5 Å². The summed E-state index contributed by atoms with van der Waals surface area (Å²) >= 11 is 0. The van der Waals surface area contributed by atoms with E-state index in [1.54, 1.807) is 36.7 Å². The van der Waals surface area contributed by atoms with Crippen LogP contribution < -0.4 is 14.8 Å². The number of nitrogens with zero attached hydrogens (tertiary/aromatic N) is 1. The van der Waals surface area contributed by atoms with Crippen molar-refractivity contribution in [2.45, 2.75) is 0 Å². The van der Waals surface area contributed by atoms with Crippen molar-refractivity contribution in [1.29, 1.82) is 0 Å². The van der Waals surface area contributed by atoms with E-state index >= 15 is 0 Å². The number of carbonyl (C=O) groups is 1. The molecule has 1 amide bonds. The molecule has 0 spiro atoms. The summed E-state index contributed by atoms with van der Waals surface area (Å²) in [4.78, 5) is 19.6. The zero-order chi connectivity index (χ0) is 14.9. The van der Waals surface area contributed by atoms with E-state index in [0.29, 0.717) is 41.6 Å². The van der Waals surface area contributed by atoms with E-state index in [1.165, 1.54) is 0 Å². The van der Waals surface area contributed by atoms with Crippen molar-refractivity contribution < 1.29 is 14.3 Å². The number of hydrogen-bond donors (Lipinski definition) is 2. The van der Waals surface area contributed by atoms with Crippen molar-refractivity contribution in [3.05, 3.63) is 48.3 Å². The van der Waals surface area contributed by atoms with Gasteiger partial charge in [-0.25, -0.2) is 4.98 Å². The number of anilines is 1. The van der Waals surface area contributed by atoms with Crippen LogP contribution in [0, 0.1) is 0 Å². The Bertz CT molecular complexity index is 857. The largest absolute Gasteiger partial charge is 0.486 e. The fourth-order valence-corrected chi connectivity index (χ4v) is 2.46. The average molecular weight is 295 g/mol. The van der Waals surface area contributed by atoms with E-state index in [1.807, 2.05) is 6.07 Å². The predicted octanol–water partition coefficient (Wildman–Crippen LogP) is 2.59. The molecule has 2 aromatic heterocycles. The highest BCUT2D eigenvalue weighted by molar-refractivity contribution is 6.12. The summed E-state index contributed by atoms with van der Waals surface area (Å²) in [6, 6.07) is 9.01. The lowest BCUT2D eigenvalue weighted by Crippen LogP contribution is -2.16. The van der Waals surface area contributed by atoms with Gasteiger partial charge < -0.3 is 19.8 Å². The van der Waals surface area contributed by atoms with Gasteiger partial charge in [-0.15, -0.1) is 0 Å².